The summed E-state index contributed by atoms with van der Waals surface area (Å²) >= 11 is 12.0. The van der Waals surface area contributed by atoms with Gasteiger partial charge in [0, 0.05) is 6.04 Å². The van der Waals surface area contributed by atoms with Crippen LogP contribution >= 0.6 is 23.2 Å². The first-order valence-corrected chi connectivity index (χ1v) is 7.28. The van der Waals surface area contributed by atoms with Crippen molar-refractivity contribution in [1.29, 1.82) is 0 Å². The molecule has 0 amide bonds. The SMILES string of the molecule is CCNC(Cc1cccc(F)c1)c1ccc(Cl)c(Cl)c1. The molecule has 0 aliphatic rings. The van der Waals surface area contributed by atoms with E-state index in [1.54, 1.807) is 18.2 Å². The lowest BCUT2D eigenvalue weighted by atomic mass is 9.99. The van der Waals surface area contributed by atoms with Gasteiger partial charge in [-0.2, -0.15) is 0 Å². The van der Waals surface area contributed by atoms with Crippen LogP contribution in [0.4, 0.5) is 4.39 Å². The van der Waals surface area contributed by atoms with Crippen molar-refractivity contribution in [3.05, 3.63) is 69.5 Å². The van der Waals surface area contributed by atoms with E-state index in [9.17, 15) is 4.39 Å². The first kappa shape index (κ1) is 15.3. The van der Waals surface area contributed by atoms with Gasteiger partial charge in [-0.15, -0.1) is 0 Å². The Balaban J connectivity index is 2.24. The summed E-state index contributed by atoms with van der Waals surface area (Å²) in [7, 11) is 0. The third-order valence-electron chi connectivity index (χ3n) is 3.13. The van der Waals surface area contributed by atoms with Crippen molar-refractivity contribution in [3.8, 4) is 0 Å². The Kier molecular flexibility index (Phi) is 5.41. The van der Waals surface area contributed by atoms with E-state index in [1.165, 1.54) is 6.07 Å². The Morgan fingerprint density at radius 2 is 1.90 bits per heavy atom. The van der Waals surface area contributed by atoms with Crippen molar-refractivity contribution in [2.24, 2.45) is 0 Å². The molecule has 0 radical (unpaired) electrons. The van der Waals surface area contributed by atoms with E-state index in [1.807, 2.05) is 25.1 Å². The summed E-state index contributed by atoms with van der Waals surface area (Å²) in [6, 6.07) is 12.3. The summed E-state index contributed by atoms with van der Waals surface area (Å²) in [6.07, 6.45) is 0.698. The first-order chi connectivity index (χ1) is 9.60. The molecular weight excluding hydrogens is 296 g/mol. The van der Waals surface area contributed by atoms with E-state index in [0.717, 1.165) is 17.7 Å². The quantitative estimate of drug-likeness (QED) is 0.817. The van der Waals surface area contributed by atoms with E-state index in [4.69, 9.17) is 23.2 Å². The molecule has 1 unspecified atom stereocenters. The molecule has 0 fully saturated rings. The summed E-state index contributed by atoms with van der Waals surface area (Å²) in [6.45, 7) is 2.86. The number of halogens is 3. The fourth-order valence-electron chi connectivity index (χ4n) is 2.18. The second kappa shape index (κ2) is 7.07. The van der Waals surface area contributed by atoms with Crippen LogP contribution in [0.1, 0.15) is 24.1 Å². The highest BCUT2D eigenvalue weighted by atomic mass is 35.5. The van der Waals surface area contributed by atoms with Crippen LogP contribution in [-0.4, -0.2) is 6.54 Å². The van der Waals surface area contributed by atoms with Gasteiger partial charge in [0.15, 0.2) is 0 Å². The van der Waals surface area contributed by atoms with Crippen LogP contribution in [0, 0.1) is 5.82 Å². The van der Waals surface area contributed by atoms with Crippen LogP contribution in [0.2, 0.25) is 10.0 Å². The average molecular weight is 312 g/mol. The molecule has 0 bridgehead atoms. The van der Waals surface area contributed by atoms with Crippen molar-refractivity contribution < 1.29 is 4.39 Å². The minimum Gasteiger partial charge on any atom is -0.310 e. The fourth-order valence-corrected chi connectivity index (χ4v) is 2.49. The normalized spacial score (nSPS) is 12.4. The maximum Gasteiger partial charge on any atom is 0.123 e. The maximum atomic E-state index is 13.3. The Morgan fingerprint density at radius 1 is 1.10 bits per heavy atom. The smallest absolute Gasteiger partial charge is 0.123 e. The first-order valence-electron chi connectivity index (χ1n) is 6.53. The van der Waals surface area contributed by atoms with E-state index in [0.29, 0.717) is 16.5 Å². The second-order valence-electron chi connectivity index (χ2n) is 4.62. The van der Waals surface area contributed by atoms with Crippen LogP contribution in [0.15, 0.2) is 42.5 Å². The fraction of sp³-hybridized carbons (Fsp3) is 0.250. The molecule has 0 heterocycles. The van der Waals surface area contributed by atoms with Crippen LogP contribution < -0.4 is 5.32 Å². The zero-order chi connectivity index (χ0) is 14.5. The Bertz CT molecular complexity index is 586. The van der Waals surface area contributed by atoms with Gasteiger partial charge in [0.1, 0.15) is 5.82 Å². The predicted octanol–water partition coefficient (Wildman–Crippen LogP) is 5.03. The molecule has 1 N–H and O–H groups in total. The minimum atomic E-state index is -0.216. The van der Waals surface area contributed by atoms with Crippen LogP contribution in [0.5, 0.6) is 0 Å². The van der Waals surface area contributed by atoms with Crippen LogP contribution in [0.3, 0.4) is 0 Å². The van der Waals surface area contributed by atoms with E-state index < -0.39 is 0 Å². The second-order valence-corrected chi connectivity index (χ2v) is 5.43. The molecule has 106 valence electrons. The molecule has 1 nitrogen and oxygen atoms in total. The highest BCUT2D eigenvalue weighted by Crippen LogP contribution is 2.27. The van der Waals surface area contributed by atoms with Crippen LogP contribution in [-0.2, 0) is 6.42 Å². The number of likely N-dealkylation sites (N-methyl/N-ethyl adjacent to an activating group) is 1. The summed E-state index contributed by atoms with van der Waals surface area (Å²) in [5.41, 5.74) is 1.99. The standard InChI is InChI=1S/C16H16Cl2FN/c1-2-20-16(9-11-4-3-5-13(19)8-11)12-6-7-14(17)15(18)10-12/h3-8,10,16,20H,2,9H2,1H3. The molecule has 0 aliphatic carbocycles. The molecule has 0 saturated carbocycles. The van der Waals surface area contributed by atoms with Crippen molar-refractivity contribution in [2.45, 2.75) is 19.4 Å². The van der Waals surface area contributed by atoms with Gasteiger partial charge in [0.2, 0.25) is 0 Å². The van der Waals surface area contributed by atoms with Gasteiger partial charge < -0.3 is 5.32 Å². The Labute approximate surface area is 128 Å². The Morgan fingerprint density at radius 3 is 2.55 bits per heavy atom. The molecule has 2 aromatic carbocycles. The largest absolute Gasteiger partial charge is 0.310 e. The molecule has 0 aromatic heterocycles. The average Bonchev–Trinajstić information content (AvgIpc) is 2.41. The molecule has 20 heavy (non-hydrogen) atoms. The summed E-state index contributed by atoms with van der Waals surface area (Å²) < 4.78 is 13.3. The van der Waals surface area contributed by atoms with Gasteiger partial charge in [0.25, 0.3) is 0 Å². The maximum absolute atomic E-state index is 13.3. The lowest BCUT2D eigenvalue weighted by molar-refractivity contribution is 0.547. The lowest BCUT2D eigenvalue weighted by Crippen LogP contribution is -2.23. The van der Waals surface area contributed by atoms with Crippen molar-refractivity contribution in [1.82, 2.24) is 5.32 Å². The van der Waals surface area contributed by atoms with Gasteiger partial charge >= 0.3 is 0 Å². The molecule has 4 heteroatoms. The lowest BCUT2D eigenvalue weighted by Gasteiger charge is -2.19. The zero-order valence-electron chi connectivity index (χ0n) is 11.2. The zero-order valence-corrected chi connectivity index (χ0v) is 12.7. The highest BCUT2D eigenvalue weighted by Gasteiger charge is 2.13. The van der Waals surface area contributed by atoms with E-state index >= 15 is 0 Å². The topological polar surface area (TPSA) is 12.0 Å². The number of nitrogens with one attached hydrogen (secondary N) is 1. The predicted molar refractivity (Wildman–Crippen MR) is 83.0 cm³/mol. The van der Waals surface area contributed by atoms with E-state index in [-0.39, 0.29) is 11.9 Å². The summed E-state index contributed by atoms with van der Waals surface area (Å²) in [4.78, 5) is 0. The molecule has 1 atom stereocenters. The van der Waals surface area contributed by atoms with Crippen molar-refractivity contribution >= 4 is 23.2 Å². The van der Waals surface area contributed by atoms with Crippen molar-refractivity contribution in [3.63, 3.8) is 0 Å². The van der Waals surface area contributed by atoms with Gasteiger partial charge in [-0.25, -0.2) is 4.39 Å². The third-order valence-corrected chi connectivity index (χ3v) is 3.86. The molecule has 2 rings (SSSR count). The van der Waals surface area contributed by atoms with E-state index in [2.05, 4.69) is 5.32 Å². The number of hydrogen-bond acceptors (Lipinski definition) is 1. The van der Waals surface area contributed by atoms with Gasteiger partial charge in [-0.05, 0) is 48.4 Å². The Hall–Kier alpha value is -1.09. The molecule has 2 aromatic rings. The van der Waals surface area contributed by atoms with Gasteiger partial charge in [-0.3, -0.25) is 0 Å². The van der Waals surface area contributed by atoms with Gasteiger partial charge in [-0.1, -0.05) is 48.3 Å². The molecule has 0 spiro atoms. The number of rotatable bonds is 5. The highest BCUT2D eigenvalue weighted by molar-refractivity contribution is 6.42. The summed E-state index contributed by atoms with van der Waals surface area (Å²) in [5.74, 6) is -0.216. The third kappa shape index (κ3) is 3.95. The number of hydrogen-bond donors (Lipinski definition) is 1. The number of benzene rings is 2. The molecule has 0 saturated heterocycles. The van der Waals surface area contributed by atoms with Gasteiger partial charge in [0.05, 0.1) is 10.0 Å². The molecule has 0 aliphatic heterocycles. The summed E-state index contributed by atoms with van der Waals surface area (Å²) in [5, 5.41) is 4.46. The van der Waals surface area contributed by atoms with Crippen molar-refractivity contribution in [2.75, 3.05) is 6.54 Å². The van der Waals surface area contributed by atoms with Crippen LogP contribution in [0.25, 0.3) is 0 Å². The minimum absolute atomic E-state index is 0.0802. The monoisotopic (exact) mass is 311 g/mol. The molecular formula is C16H16Cl2FN.